The second kappa shape index (κ2) is 3.19. The minimum Gasteiger partial charge on any atom is -0.390 e. The monoisotopic (exact) mass is 136 g/mol. The van der Waals surface area contributed by atoms with Gasteiger partial charge in [0.1, 0.15) is 0 Å². The number of rotatable bonds is 3. The molecule has 0 bridgehead atoms. The number of hydrogen-bond donors (Lipinski definition) is 1. The topological polar surface area (TPSA) is 38.7 Å². The molecule has 0 heterocycles. The van der Waals surface area contributed by atoms with Crippen LogP contribution in [0.4, 0.5) is 0 Å². The van der Waals surface area contributed by atoms with Gasteiger partial charge in [-0.3, -0.25) is 0 Å². The Kier molecular flexibility index (Phi) is 3.23. The maximum atomic E-state index is 9.13. The van der Waals surface area contributed by atoms with E-state index in [0.29, 0.717) is 6.04 Å². The van der Waals surface area contributed by atoms with E-state index in [1.807, 2.05) is 6.92 Å². The van der Waals surface area contributed by atoms with Crippen molar-refractivity contribution in [3.63, 3.8) is 0 Å². The molecule has 0 aromatic carbocycles. The van der Waals surface area contributed by atoms with Gasteiger partial charge in [0.25, 0.3) is 0 Å². The molecule has 0 saturated carbocycles. The third-order valence-electron chi connectivity index (χ3n) is 1.08. The summed E-state index contributed by atoms with van der Waals surface area (Å²) in [6.07, 6.45) is 0. The van der Waals surface area contributed by atoms with E-state index in [0.717, 1.165) is 0 Å². The highest BCUT2D eigenvalue weighted by molar-refractivity contribution is 6.58. The maximum Gasteiger partial charge on any atom is 0.497 e. The summed E-state index contributed by atoms with van der Waals surface area (Å²) < 4.78 is 9.42. The van der Waals surface area contributed by atoms with Crippen LogP contribution in [0, 0.1) is 0 Å². The normalized spacial score (nSPS) is 12.0. The molecular formula is C4H12O3Si. The molecule has 0 aromatic rings. The summed E-state index contributed by atoms with van der Waals surface area (Å²) in [5, 5.41) is 0. The highest BCUT2D eigenvalue weighted by Gasteiger charge is 2.30. The van der Waals surface area contributed by atoms with Gasteiger partial charge >= 0.3 is 8.80 Å². The molecule has 0 saturated heterocycles. The Labute approximate surface area is 50.6 Å². The lowest BCUT2D eigenvalue weighted by molar-refractivity contribution is 0.153. The summed E-state index contributed by atoms with van der Waals surface area (Å²) in [4.78, 5) is 9.13. The van der Waals surface area contributed by atoms with Gasteiger partial charge in [-0.15, -0.1) is 0 Å². The summed E-state index contributed by atoms with van der Waals surface area (Å²) in [6.45, 7) is 1.83. The maximum absolute atomic E-state index is 9.13. The first-order valence-electron chi connectivity index (χ1n) is 2.51. The second-order valence-corrected chi connectivity index (χ2v) is 4.42. The first-order chi connectivity index (χ1) is 3.68. The predicted octanol–water partition coefficient (Wildman–Crippen LogP) is 0.230. The van der Waals surface area contributed by atoms with Crippen LogP contribution in [0.5, 0.6) is 0 Å². The minimum atomic E-state index is -2.67. The van der Waals surface area contributed by atoms with Crippen molar-refractivity contribution >= 4 is 8.80 Å². The van der Waals surface area contributed by atoms with Crippen LogP contribution in [0.1, 0.15) is 6.92 Å². The van der Waals surface area contributed by atoms with E-state index in [9.17, 15) is 0 Å². The molecule has 0 fully saturated rings. The van der Waals surface area contributed by atoms with E-state index >= 15 is 0 Å². The van der Waals surface area contributed by atoms with Crippen LogP contribution in [-0.2, 0) is 8.85 Å². The van der Waals surface area contributed by atoms with Crippen LogP contribution in [0.25, 0.3) is 0 Å². The van der Waals surface area contributed by atoms with Crippen molar-refractivity contribution in [2.24, 2.45) is 0 Å². The zero-order chi connectivity index (χ0) is 6.62. The van der Waals surface area contributed by atoms with Gasteiger partial charge in [0.2, 0.25) is 0 Å². The fourth-order valence-corrected chi connectivity index (χ4v) is 1.12. The smallest absolute Gasteiger partial charge is 0.390 e. The molecule has 3 nitrogen and oxygen atoms in total. The Morgan fingerprint density at radius 1 is 1.38 bits per heavy atom. The highest BCUT2D eigenvalue weighted by atomic mass is 28.4. The standard InChI is InChI=1S/C4H12O3Si/c1-4-8(5,6-2)7-3/h5H,4H2,1-3H3. The average molecular weight is 136 g/mol. The fourth-order valence-electron chi connectivity index (χ4n) is 0.372. The molecule has 8 heavy (non-hydrogen) atoms. The molecule has 0 aliphatic rings. The van der Waals surface area contributed by atoms with Crippen LogP contribution in [0.15, 0.2) is 0 Å². The van der Waals surface area contributed by atoms with Gasteiger partial charge in [0.05, 0.1) is 0 Å². The Bertz CT molecular complexity index is 54.0. The van der Waals surface area contributed by atoms with Crippen LogP contribution >= 0.6 is 0 Å². The highest BCUT2D eigenvalue weighted by Crippen LogP contribution is 2.04. The van der Waals surface area contributed by atoms with Crippen molar-refractivity contribution in [2.45, 2.75) is 13.0 Å². The van der Waals surface area contributed by atoms with E-state index in [2.05, 4.69) is 0 Å². The zero-order valence-corrected chi connectivity index (χ0v) is 6.47. The fraction of sp³-hybridized carbons (Fsp3) is 1.00. The Morgan fingerprint density at radius 3 is 1.75 bits per heavy atom. The summed E-state index contributed by atoms with van der Waals surface area (Å²) in [7, 11) is 0.244. The van der Waals surface area contributed by atoms with E-state index in [4.69, 9.17) is 13.6 Å². The minimum absolute atomic E-state index is 0.569. The van der Waals surface area contributed by atoms with Gasteiger partial charge in [-0.05, 0) is 0 Å². The lowest BCUT2D eigenvalue weighted by atomic mass is 11.0. The molecule has 1 N–H and O–H groups in total. The van der Waals surface area contributed by atoms with E-state index < -0.39 is 8.80 Å². The molecule has 0 spiro atoms. The number of hydrogen-bond acceptors (Lipinski definition) is 3. The summed E-state index contributed by atoms with van der Waals surface area (Å²) in [5.74, 6) is 0. The van der Waals surface area contributed by atoms with Gasteiger partial charge < -0.3 is 13.6 Å². The van der Waals surface area contributed by atoms with Crippen molar-refractivity contribution < 1.29 is 13.6 Å². The molecule has 50 valence electrons. The van der Waals surface area contributed by atoms with Crippen molar-refractivity contribution in [3.8, 4) is 0 Å². The molecule has 0 radical (unpaired) electrons. The van der Waals surface area contributed by atoms with E-state index in [1.165, 1.54) is 14.2 Å². The largest absolute Gasteiger partial charge is 0.497 e. The summed E-state index contributed by atoms with van der Waals surface area (Å²) in [5.41, 5.74) is 0. The molecular weight excluding hydrogens is 124 g/mol. The molecule has 4 heteroatoms. The summed E-state index contributed by atoms with van der Waals surface area (Å²) >= 11 is 0. The van der Waals surface area contributed by atoms with Crippen molar-refractivity contribution in [3.05, 3.63) is 0 Å². The van der Waals surface area contributed by atoms with Crippen molar-refractivity contribution in [2.75, 3.05) is 14.2 Å². The molecule has 0 amide bonds. The molecule has 0 aliphatic carbocycles. The molecule has 0 atom stereocenters. The van der Waals surface area contributed by atoms with Crippen molar-refractivity contribution in [1.82, 2.24) is 0 Å². The van der Waals surface area contributed by atoms with Gasteiger partial charge in [-0.25, -0.2) is 0 Å². The van der Waals surface area contributed by atoms with Crippen LogP contribution in [0.3, 0.4) is 0 Å². The SMILES string of the molecule is CC[Si](O)(OC)OC. The third kappa shape index (κ3) is 1.91. The van der Waals surface area contributed by atoms with E-state index in [-0.39, 0.29) is 0 Å². The third-order valence-corrected chi connectivity index (χ3v) is 3.25. The molecule has 0 rings (SSSR count). The van der Waals surface area contributed by atoms with Gasteiger partial charge in [0, 0.05) is 20.3 Å². The van der Waals surface area contributed by atoms with Crippen molar-refractivity contribution in [1.29, 1.82) is 0 Å². The van der Waals surface area contributed by atoms with Gasteiger partial charge in [-0.2, -0.15) is 0 Å². The Morgan fingerprint density at radius 2 is 1.75 bits per heavy atom. The average Bonchev–Trinajstić information content (AvgIpc) is 1.87. The predicted molar refractivity (Wildman–Crippen MR) is 32.5 cm³/mol. The molecule has 0 unspecified atom stereocenters. The molecule has 0 aliphatic heterocycles. The Hall–Kier alpha value is 0.0969. The molecule has 0 aromatic heterocycles. The first-order valence-corrected chi connectivity index (χ1v) is 4.48. The van der Waals surface area contributed by atoms with Crippen LogP contribution in [-0.4, -0.2) is 27.8 Å². The van der Waals surface area contributed by atoms with Gasteiger partial charge in [0.15, 0.2) is 0 Å². The van der Waals surface area contributed by atoms with Crippen LogP contribution < -0.4 is 0 Å². The quantitative estimate of drug-likeness (QED) is 0.564. The van der Waals surface area contributed by atoms with Crippen LogP contribution in [0.2, 0.25) is 6.04 Å². The van der Waals surface area contributed by atoms with Gasteiger partial charge in [-0.1, -0.05) is 6.92 Å². The summed E-state index contributed by atoms with van der Waals surface area (Å²) in [6, 6.07) is 0.569. The lowest BCUT2D eigenvalue weighted by Crippen LogP contribution is -2.39. The second-order valence-electron chi connectivity index (χ2n) is 1.47. The lowest BCUT2D eigenvalue weighted by Gasteiger charge is -2.16. The zero-order valence-electron chi connectivity index (χ0n) is 5.47. The van der Waals surface area contributed by atoms with E-state index in [1.54, 1.807) is 0 Å². The Balaban J connectivity index is 3.58. The first kappa shape index (κ1) is 8.10.